The number of halogens is 1. The Balaban J connectivity index is 1.33. The number of para-hydroxylation sites is 1. The molecule has 35 heavy (non-hydrogen) atoms. The van der Waals surface area contributed by atoms with Crippen LogP contribution in [-0.2, 0) is 11.3 Å². The molecule has 0 bridgehead atoms. The topological polar surface area (TPSA) is 93.1 Å². The molecule has 0 radical (unpaired) electrons. The summed E-state index contributed by atoms with van der Waals surface area (Å²) in [5, 5.41) is 4.78. The molecular weight excluding hydrogens is 484 g/mol. The lowest BCUT2D eigenvalue weighted by atomic mass is 10.2. The predicted molar refractivity (Wildman–Crippen MR) is 143 cm³/mol. The fourth-order valence-electron chi connectivity index (χ4n) is 3.84. The first-order chi connectivity index (χ1) is 17.0. The Morgan fingerprint density at radius 2 is 1.83 bits per heavy atom. The lowest BCUT2D eigenvalue weighted by Gasteiger charge is -2.13. The molecule has 2 aromatic heterocycles. The van der Waals surface area contributed by atoms with Gasteiger partial charge in [-0.25, -0.2) is 9.97 Å². The van der Waals surface area contributed by atoms with Crippen LogP contribution in [0.25, 0.3) is 33.1 Å². The Bertz CT molecular complexity index is 1570. The minimum absolute atomic E-state index is 0.0243. The summed E-state index contributed by atoms with van der Waals surface area (Å²) in [5.74, 6) is 0.483. The number of hydrogen-bond donors (Lipinski definition) is 3. The molecule has 0 saturated heterocycles. The first-order valence-electron chi connectivity index (χ1n) is 10.9. The fourth-order valence-corrected chi connectivity index (χ4v) is 4.18. The predicted octanol–water partition coefficient (Wildman–Crippen LogP) is 4.81. The number of carbonyl (C=O) groups excluding carboxylic acids is 1. The number of ether oxygens (including phenoxy) is 1. The molecule has 3 N–H and O–H groups in total. The maximum absolute atomic E-state index is 12.8. The number of nitrogens with zero attached hydrogens (tertiary/aromatic N) is 3. The van der Waals surface area contributed by atoms with Crippen LogP contribution in [0.2, 0.25) is 5.02 Å². The molecule has 176 valence electrons. The van der Waals surface area contributed by atoms with Crippen molar-refractivity contribution in [3.63, 3.8) is 0 Å². The van der Waals surface area contributed by atoms with Crippen LogP contribution in [0.1, 0.15) is 6.92 Å². The smallest absolute Gasteiger partial charge is 0.258 e. The number of hydrogen-bond acceptors (Lipinski definition) is 5. The zero-order valence-electron chi connectivity index (χ0n) is 18.7. The maximum atomic E-state index is 12.8. The second kappa shape index (κ2) is 9.73. The van der Waals surface area contributed by atoms with E-state index in [0.29, 0.717) is 33.8 Å². The van der Waals surface area contributed by atoms with Gasteiger partial charge < -0.3 is 14.6 Å². The first kappa shape index (κ1) is 22.8. The number of thiocarbonyl (C=S) groups is 1. The summed E-state index contributed by atoms with van der Waals surface area (Å²) in [6.07, 6.45) is 0. The van der Waals surface area contributed by atoms with E-state index in [4.69, 9.17) is 38.5 Å². The summed E-state index contributed by atoms with van der Waals surface area (Å²) in [5.41, 5.74) is 9.73. The molecule has 5 rings (SSSR count). The van der Waals surface area contributed by atoms with Crippen LogP contribution in [0.15, 0.2) is 66.7 Å². The van der Waals surface area contributed by atoms with Gasteiger partial charge in [0.2, 0.25) is 0 Å². The van der Waals surface area contributed by atoms with E-state index in [2.05, 4.69) is 16.2 Å². The van der Waals surface area contributed by atoms with Crippen LogP contribution in [0.3, 0.4) is 0 Å². The van der Waals surface area contributed by atoms with Gasteiger partial charge in [0.15, 0.2) is 10.8 Å². The third-order valence-electron chi connectivity index (χ3n) is 5.35. The van der Waals surface area contributed by atoms with E-state index in [-0.39, 0.29) is 17.6 Å². The number of fused-ring (bicyclic) bond motifs is 4. The molecule has 0 fully saturated rings. The Kier molecular flexibility index (Phi) is 6.35. The van der Waals surface area contributed by atoms with E-state index in [1.165, 1.54) is 0 Å². The molecule has 10 heteroatoms. The van der Waals surface area contributed by atoms with Crippen molar-refractivity contribution in [2.45, 2.75) is 13.5 Å². The highest BCUT2D eigenvalue weighted by atomic mass is 35.5. The van der Waals surface area contributed by atoms with Gasteiger partial charge in [-0.2, -0.15) is 0 Å². The summed E-state index contributed by atoms with van der Waals surface area (Å²) in [6, 6.07) is 20.5. The van der Waals surface area contributed by atoms with Crippen LogP contribution in [0, 0.1) is 0 Å². The highest BCUT2D eigenvalue weighted by molar-refractivity contribution is 7.80. The van der Waals surface area contributed by atoms with Gasteiger partial charge in [-0.15, -0.1) is 0 Å². The van der Waals surface area contributed by atoms with E-state index < -0.39 is 0 Å². The second-order valence-electron chi connectivity index (χ2n) is 7.72. The summed E-state index contributed by atoms with van der Waals surface area (Å²) in [4.78, 5) is 22.4. The molecular formula is C25H21ClN6O2S. The van der Waals surface area contributed by atoms with E-state index in [9.17, 15) is 4.79 Å². The number of carbonyl (C=O) groups is 1. The van der Waals surface area contributed by atoms with Gasteiger partial charge in [0.25, 0.3) is 5.91 Å². The van der Waals surface area contributed by atoms with Crippen molar-refractivity contribution in [2.24, 2.45) is 0 Å². The highest BCUT2D eigenvalue weighted by Crippen LogP contribution is 2.28. The zero-order valence-corrected chi connectivity index (χ0v) is 20.3. The minimum atomic E-state index is -0.290. The SMILES string of the molecule is CCOc1ccc(NC(=S)NNC(=O)Cn2c3ccccc3c3nc4cc(Cl)ccc4nc32)cc1. The summed E-state index contributed by atoms with van der Waals surface area (Å²) < 4.78 is 7.27. The van der Waals surface area contributed by atoms with E-state index in [0.717, 1.165) is 22.3 Å². The number of anilines is 1. The number of rotatable bonds is 5. The largest absolute Gasteiger partial charge is 0.494 e. The quantitative estimate of drug-likeness (QED) is 0.234. The van der Waals surface area contributed by atoms with Gasteiger partial charge in [0, 0.05) is 16.1 Å². The Hall–Kier alpha value is -3.95. The molecule has 8 nitrogen and oxygen atoms in total. The van der Waals surface area contributed by atoms with Gasteiger partial charge in [-0.1, -0.05) is 29.8 Å². The number of nitrogens with one attached hydrogen (secondary N) is 3. The normalized spacial score (nSPS) is 11.0. The van der Waals surface area contributed by atoms with Crippen LogP contribution in [0.5, 0.6) is 5.75 Å². The second-order valence-corrected chi connectivity index (χ2v) is 8.56. The highest BCUT2D eigenvalue weighted by Gasteiger charge is 2.16. The average Bonchev–Trinajstić information content (AvgIpc) is 3.15. The average molecular weight is 505 g/mol. The van der Waals surface area contributed by atoms with Crippen molar-refractivity contribution >= 4 is 73.6 Å². The Morgan fingerprint density at radius 3 is 2.63 bits per heavy atom. The van der Waals surface area contributed by atoms with Gasteiger partial charge in [-0.3, -0.25) is 15.6 Å². The third kappa shape index (κ3) is 4.82. The Morgan fingerprint density at radius 1 is 1.03 bits per heavy atom. The van der Waals surface area contributed by atoms with Gasteiger partial charge in [0.1, 0.15) is 17.8 Å². The number of aromatic nitrogens is 3. The Labute approximate surface area is 211 Å². The number of amides is 1. The molecule has 0 aliphatic heterocycles. The summed E-state index contributed by atoms with van der Waals surface area (Å²) in [6.45, 7) is 2.55. The summed E-state index contributed by atoms with van der Waals surface area (Å²) in [7, 11) is 0. The summed E-state index contributed by atoms with van der Waals surface area (Å²) >= 11 is 11.4. The zero-order chi connectivity index (χ0) is 24.4. The van der Waals surface area contributed by atoms with E-state index >= 15 is 0 Å². The van der Waals surface area contributed by atoms with Crippen LogP contribution in [0.4, 0.5) is 5.69 Å². The van der Waals surface area contributed by atoms with Gasteiger partial charge >= 0.3 is 0 Å². The number of benzene rings is 3. The van der Waals surface area contributed by atoms with Crippen LogP contribution < -0.4 is 20.9 Å². The first-order valence-corrected chi connectivity index (χ1v) is 11.7. The molecule has 1 amide bonds. The fraction of sp³-hybridized carbons (Fsp3) is 0.120. The third-order valence-corrected chi connectivity index (χ3v) is 5.79. The molecule has 2 heterocycles. The van der Waals surface area contributed by atoms with Crippen molar-refractivity contribution in [3.05, 3.63) is 71.8 Å². The van der Waals surface area contributed by atoms with E-state index in [1.54, 1.807) is 12.1 Å². The molecule has 0 aliphatic rings. The molecule has 3 aromatic carbocycles. The van der Waals surface area contributed by atoms with Crippen molar-refractivity contribution in [2.75, 3.05) is 11.9 Å². The molecule has 5 aromatic rings. The minimum Gasteiger partial charge on any atom is -0.494 e. The van der Waals surface area contributed by atoms with Crippen LogP contribution in [-0.4, -0.2) is 32.2 Å². The van der Waals surface area contributed by atoms with Gasteiger partial charge in [-0.05, 0) is 67.7 Å². The van der Waals surface area contributed by atoms with E-state index in [1.807, 2.05) is 66.1 Å². The molecule has 0 atom stereocenters. The van der Waals surface area contributed by atoms with Crippen LogP contribution >= 0.6 is 23.8 Å². The molecule has 0 spiro atoms. The molecule has 0 unspecified atom stereocenters. The van der Waals surface area contributed by atoms with Crippen molar-refractivity contribution in [3.8, 4) is 5.75 Å². The van der Waals surface area contributed by atoms with Crippen molar-refractivity contribution in [1.29, 1.82) is 0 Å². The van der Waals surface area contributed by atoms with Crippen molar-refractivity contribution in [1.82, 2.24) is 25.4 Å². The standard InChI is InChI=1S/C25H21ClN6O2S/c1-2-34-17-10-8-16(9-11-17)27-25(35)31-30-22(33)14-32-21-6-4-3-5-18(21)23-24(32)29-19-12-7-15(26)13-20(19)28-23/h3-13H,2,14H2,1H3,(H,30,33)(H2,27,31,35). The lowest BCUT2D eigenvalue weighted by Crippen LogP contribution is -2.45. The number of hydrazine groups is 1. The molecule has 0 saturated carbocycles. The lowest BCUT2D eigenvalue weighted by molar-refractivity contribution is -0.122. The maximum Gasteiger partial charge on any atom is 0.258 e. The monoisotopic (exact) mass is 504 g/mol. The van der Waals surface area contributed by atoms with Gasteiger partial charge in [0.05, 0.1) is 23.2 Å². The van der Waals surface area contributed by atoms with Crippen molar-refractivity contribution < 1.29 is 9.53 Å². The molecule has 0 aliphatic carbocycles.